The molecule has 1 heterocycles. The highest BCUT2D eigenvalue weighted by Crippen LogP contribution is 2.29. The fourth-order valence-electron chi connectivity index (χ4n) is 1.56. The summed E-state index contributed by atoms with van der Waals surface area (Å²) in [7, 11) is 0. The van der Waals surface area contributed by atoms with Gasteiger partial charge in [0.2, 0.25) is 5.78 Å². The SMILES string of the molecule is Cc1ccc(F)c(C(=O)c2cc(Br)c(C)s2)c1F. The van der Waals surface area contributed by atoms with E-state index in [4.69, 9.17) is 0 Å². The molecular weight excluding hydrogens is 322 g/mol. The predicted molar refractivity (Wildman–Crippen MR) is 71.3 cm³/mol. The maximum Gasteiger partial charge on any atom is 0.208 e. The van der Waals surface area contributed by atoms with Crippen molar-refractivity contribution in [1.29, 1.82) is 0 Å². The largest absolute Gasteiger partial charge is 0.287 e. The van der Waals surface area contributed by atoms with Gasteiger partial charge >= 0.3 is 0 Å². The van der Waals surface area contributed by atoms with Crippen molar-refractivity contribution in [3.8, 4) is 0 Å². The quantitative estimate of drug-likeness (QED) is 0.733. The molecule has 2 aromatic rings. The van der Waals surface area contributed by atoms with E-state index in [1.54, 1.807) is 6.07 Å². The van der Waals surface area contributed by atoms with Crippen LogP contribution in [0.3, 0.4) is 0 Å². The van der Waals surface area contributed by atoms with Crippen LogP contribution in [0, 0.1) is 25.5 Å². The van der Waals surface area contributed by atoms with Gasteiger partial charge in [-0.1, -0.05) is 6.07 Å². The summed E-state index contributed by atoms with van der Waals surface area (Å²) in [5.74, 6) is -2.24. The minimum atomic E-state index is -0.828. The van der Waals surface area contributed by atoms with Crippen LogP contribution in [0.4, 0.5) is 8.78 Å². The second-order valence-electron chi connectivity index (χ2n) is 3.90. The van der Waals surface area contributed by atoms with Gasteiger partial charge in [0, 0.05) is 9.35 Å². The van der Waals surface area contributed by atoms with Crippen molar-refractivity contribution >= 4 is 33.0 Å². The standard InChI is InChI=1S/C13H9BrF2OS/c1-6-3-4-9(15)11(12(6)16)13(17)10-5-8(14)7(2)18-10/h3-5H,1-2H3. The highest BCUT2D eigenvalue weighted by molar-refractivity contribution is 9.10. The number of rotatable bonds is 2. The molecule has 0 atom stereocenters. The van der Waals surface area contributed by atoms with Crippen molar-refractivity contribution in [2.45, 2.75) is 13.8 Å². The number of aryl methyl sites for hydroxylation is 2. The predicted octanol–water partition coefficient (Wildman–Crippen LogP) is 4.64. The van der Waals surface area contributed by atoms with Crippen LogP contribution < -0.4 is 0 Å². The first kappa shape index (κ1) is 13.4. The lowest BCUT2D eigenvalue weighted by atomic mass is 10.0. The summed E-state index contributed by atoms with van der Waals surface area (Å²) in [4.78, 5) is 13.3. The number of thiophene rings is 1. The van der Waals surface area contributed by atoms with Gasteiger partial charge in [-0.3, -0.25) is 4.79 Å². The van der Waals surface area contributed by atoms with Crippen molar-refractivity contribution in [1.82, 2.24) is 0 Å². The van der Waals surface area contributed by atoms with E-state index >= 15 is 0 Å². The Morgan fingerprint density at radius 1 is 1.28 bits per heavy atom. The molecule has 0 saturated heterocycles. The molecule has 0 amide bonds. The van der Waals surface area contributed by atoms with Gasteiger partial charge in [0.15, 0.2) is 0 Å². The Morgan fingerprint density at radius 2 is 1.94 bits per heavy atom. The molecule has 0 saturated carbocycles. The van der Waals surface area contributed by atoms with Crippen molar-refractivity contribution in [2.75, 3.05) is 0 Å². The highest BCUT2D eigenvalue weighted by Gasteiger charge is 2.22. The fraction of sp³-hybridized carbons (Fsp3) is 0.154. The van der Waals surface area contributed by atoms with Crippen LogP contribution in [0.5, 0.6) is 0 Å². The molecule has 1 nitrogen and oxygen atoms in total. The molecule has 0 fully saturated rings. The number of ketones is 1. The molecule has 1 aromatic heterocycles. The van der Waals surface area contributed by atoms with Crippen LogP contribution in [-0.4, -0.2) is 5.78 Å². The number of carbonyl (C=O) groups excluding carboxylic acids is 1. The van der Waals surface area contributed by atoms with E-state index in [-0.39, 0.29) is 5.56 Å². The normalized spacial score (nSPS) is 10.7. The molecule has 0 aliphatic carbocycles. The van der Waals surface area contributed by atoms with Gasteiger partial charge in [-0.15, -0.1) is 11.3 Å². The molecule has 0 unspecified atom stereocenters. The van der Waals surface area contributed by atoms with Crippen LogP contribution >= 0.6 is 27.3 Å². The van der Waals surface area contributed by atoms with Crippen LogP contribution in [0.15, 0.2) is 22.7 Å². The van der Waals surface area contributed by atoms with Crippen LogP contribution in [0.2, 0.25) is 0 Å². The fourth-order valence-corrected chi connectivity index (χ4v) is 3.04. The molecule has 0 spiro atoms. The van der Waals surface area contributed by atoms with E-state index in [1.165, 1.54) is 24.3 Å². The number of benzene rings is 1. The zero-order chi connectivity index (χ0) is 13.4. The number of carbonyl (C=O) groups is 1. The topological polar surface area (TPSA) is 17.1 Å². The molecule has 0 N–H and O–H groups in total. The van der Waals surface area contributed by atoms with Crippen molar-refractivity contribution in [2.24, 2.45) is 0 Å². The Bertz CT molecular complexity index is 615. The van der Waals surface area contributed by atoms with Gasteiger partial charge in [-0.25, -0.2) is 8.78 Å². The summed E-state index contributed by atoms with van der Waals surface area (Å²) in [6.07, 6.45) is 0. The summed E-state index contributed by atoms with van der Waals surface area (Å²) in [5, 5.41) is 0. The molecule has 94 valence electrons. The molecule has 2 rings (SSSR count). The number of halogens is 3. The Kier molecular flexibility index (Phi) is 3.64. The monoisotopic (exact) mass is 330 g/mol. The third kappa shape index (κ3) is 2.24. The average molecular weight is 331 g/mol. The second kappa shape index (κ2) is 4.90. The smallest absolute Gasteiger partial charge is 0.208 e. The average Bonchev–Trinajstić information content (AvgIpc) is 2.65. The van der Waals surface area contributed by atoms with Gasteiger partial charge in [0.25, 0.3) is 0 Å². The summed E-state index contributed by atoms with van der Waals surface area (Å²) < 4.78 is 28.2. The van der Waals surface area contributed by atoms with Crippen LogP contribution in [0.1, 0.15) is 25.7 Å². The first-order valence-corrected chi connectivity index (χ1v) is 6.78. The van der Waals surface area contributed by atoms with E-state index in [9.17, 15) is 13.6 Å². The maximum absolute atomic E-state index is 13.8. The zero-order valence-electron chi connectivity index (χ0n) is 9.68. The summed E-state index contributed by atoms with van der Waals surface area (Å²) in [6.45, 7) is 3.33. The molecule has 18 heavy (non-hydrogen) atoms. The number of hydrogen-bond acceptors (Lipinski definition) is 2. The minimum absolute atomic E-state index is 0.257. The lowest BCUT2D eigenvalue weighted by molar-refractivity contribution is 0.103. The third-order valence-corrected chi connectivity index (χ3v) is 4.73. The lowest BCUT2D eigenvalue weighted by Crippen LogP contribution is -2.07. The molecule has 0 radical (unpaired) electrons. The molecule has 0 bridgehead atoms. The Hall–Kier alpha value is -1.07. The molecule has 0 aliphatic rings. The van der Waals surface area contributed by atoms with E-state index in [0.717, 1.165) is 15.4 Å². The highest BCUT2D eigenvalue weighted by atomic mass is 79.9. The van der Waals surface area contributed by atoms with E-state index in [1.807, 2.05) is 6.92 Å². The first-order valence-electron chi connectivity index (χ1n) is 5.17. The van der Waals surface area contributed by atoms with Gasteiger partial charge < -0.3 is 0 Å². The maximum atomic E-state index is 13.8. The van der Waals surface area contributed by atoms with Crippen LogP contribution in [-0.2, 0) is 0 Å². The summed E-state index contributed by atoms with van der Waals surface area (Å²) in [6, 6.07) is 4.02. The third-order valence-electron chi connectivity index (χ3n) is 2.59. The molecule has 1 aromatic carbocycles. The Balaban J connectivity index is 2.56. The second-order valence-corrected chi connectivity index (χ2v) is 6.01. The molecular formula is C13H9BrF2OS. The summed E-state index contributed by atoms with van der Waals surface area (Å²) >= 11 is 4.49. The molecule has 0 aliphatic heterocycles. The van der Waals surface area contributed by atoms with E-state index in [2.05, 4.69) is 15.9 Å². The Morgan fingerprint density at radius 3 is 2.50 bits per heavy atom. The van der Waals surface area contributed by atoms with E-state index < -0.39 is 23.0 Å². The van der Waals surface area contributed by atoms with E-state index in [0.29, 0.717) is 4.88 Å². The van der Waals surface area contributed by atoms with Crippen molar-refractivity contribution in [3.63, 3.8) is 0 Å². The van der Waals surface area contributed by atoms with Gasteiger partial charge in [-0.05, 0) is 47.5 Å². The van der Waals surface area contributed by atoms with Gasteiger partial charge in [0.1, 0.15) is 11.6 Å². The molecule has 5 heteroatoms. The van der Waals surface area contributed by atoms with Crippen molar-refractivity contribution < 1.29 is 13.6 Å². The Labute approximate surface area is 116 Å². The van der Waals surface area contributed by atoms with Crippen molar-refractivity contribution in [3.05, 3.63) is 55.2 Å². The minimum Gasteiger partial charge on any atom is -0.287 e. The van der Waals surface area contributed by atoms with Crippen LogP contribution in [0.25, 0.3) is 0 Å². The number of hydrogen-bond donors (Lipinski definition) is 0. The summed E-state index contributed by atoms with van der Waals surface area (Å²) in [5.41, 5.74) is -0.226. The first-order chi connectivity index (χ1) is 8.41. The lowest BCUT2D eigenvalue weighted by Gasteiger charge is -2.04. The zero-order valence-corrected chi connectivity index (χ0v) is 12.1. The van der Waals surface area contributed by atoms with Gasteiger partial charge in [-0.2, -0.15) is 0 Å². The van der Waals surface area contributed by atoms with Gasteiger partial charge in [0.05, 0.1) is 10.4 Å².